The van der Waals surface area contributed by atoms with Gasteiger partial charge >= 0.3 is 0 Å². The first-order chi connectivity index (χ1) is 10.2. The highest BCUT2D eigenvalue weighted by Gasteiger charge is 2.20. The van der Waals surface area contributed by atoms with Gasteiger partial charge in [-0.2, -0.15) is 5.26 Å². The summed E-state index contributed by atoms with van der Waals surface area (Å²) < 4.78 is 5.26. The van der Waals surface area contributed by atoms with Crippen molar-refractivity contribution >= 4 is 16.7 Å². The molecule has 0 atom stereocenters. The Morgan fingerprint density at radius 2 is 2.05 bits per heavy atom. The maximum absolute atomic E-state index is 9.42. The number of nitriles is 1. The van der Waals surface area contributed by atoms with Crippen LogP contribution in [-0.2, 0) is 0 Å². The zero-order chi connectivity index (χ0) is 14.8. The topological polar surface area (TPSA) is 49.1 Å². The normalized spacial score (nSPS) is 16.0. The lowest BCUT2D eigenvalue weighted by molar-refractivity contribution is 0.415. The van der Waals surface area contributed by atoms with Gasteiger partial charge in [0.2, 0.25) is 0 Å². The highest BCUT2D eigenvalue weighted by atomic mass is 16.5. The summed E-state index contributed by atoms with van der Waals surface area (Å²) in [5.41, 5.74) is 1.53. The van der Waals surface area contributed by atoms with Crippen molar-refractivity contribution < 1.29 is 4.74 Å². The summed E-state index contributed by atoms with van der Waals surface area (Å²) in [6.45, 7) is 4.22. The Bertz CT molecular complexity index is 697. The van der Waals surface area contributed by atoms with Crippen LogP contribution in [0, 0.1) is 17.2 Å². The SMILES string of the molecule is COc1ccc2cc(C#N)c(N3CCC(C)CC3)nc2c1. The minimum absolute atomic E-state index is 0.655. The van der Waals surface area contributed by atoms with Gasteiger partial charge in [0.25, 0.3) is 0 Å². The van der Waals surface area contributed by atoms with Gasteiger partial charge in [-0.25, -0.2) is 4.98 Å². The molecule has 0 amide bonds. The molecule has 1 aliphatic heterocycles. The number of benzene rings is 1. The van der Waals surface area contributed by atoms with Crippen molar-refractivity contribution in [3.05, 3.63) is 29.8 Å². The predicted octanol–water partition coefficient (Wildman–Crippen LogP) is 3.35. The second kappa shape index (κ2) is 5.61. The highest BCUT2D eigenvalue weighted by Crippen LogP contribution is 2.28. The van der Waals surface area contributed by atoms with E-state index >= 15 is 0 Å². The third-order valence-electron chi connectivity index (χ3n) is 4.21. The molecule has 21 heavy (non-hydrogen) atoms. The van der Waals surface area contributed by atoms with Crippen LogP contribution >= 0.6 is 0 Å². The minimum Gasteiger partial charge on any atom is -0.497 e. The number of aromatic nitrogens is 1. The van der Waals surface area contributed by atoms with Crippen molar-refractivity contribution in [1.29, 1.82) is 5.26 Å². The van der Waals surface area contributed by atoms with Gasteiger partial charge in [0.15, 0.2) is 0 Å². The Labute approximate surface area is 125 Å². The molecule has 0 unspecified atom stereocenters. The quantitative estimate of drug-likeness (QED) is 0.847. The molecule has 2 heterocycles. The van der Waals surface area contributed by atoms with E-state index in [1.165, 1.54) is 0 Å². The number of pyridine rings is 1. The third-order valence-corrected chi connectivity index (χ3v) is 4.21. The van der Waals surface area contributed by atoms with Gasteiger partial charge in [-0.3, -0.25) is 0 Å². The molecule has 0 N–H and O–H groups in total. The Morgan fingerprint density at radius 3 is 2.71 bits per heavy atom. The predicted molar refractivity (Wildman–Crippen MR) is 83.6 cm³/mol. The number of fused-ring (bicyclic) bond motifs is 1. The first-order valence-corrected chi connectivity index (χ1v) is 7.35. The lowest BCUT2D eigenvalue weighted by Crippen LogP contribution is -2.34. The molecule has 0 saturated carbocycles. The van der Waals surface area contributed by atoms with E-state index in [2.05, 4.69) is 17.9 Å². The van der Waals surface area contributed by atoms with E-state index in [1.807, 2.05) is 24.3 Å². The number of piperidine rings is 1. The number of nitrogens with zero attached hydrogens (tertiary/aromatic N) is 3. The summed E-state index contributed by atoms with van der Waals surface area (Å²) in [5.74, 6) is 2.36. The molecule has 0 bridgehead atoms. The maximum atomic E-state index is 9.42. The largest absolute Gasteiger partial charge is 0.497 e. The van der Waals surface area contributed by atoms with Gasteiger partial charge in [-0.05, 0) is 37.0 Å². The molecule has 1 aromatic heterocycles. The standard InChI is InChI=1S/C17H19N3O/c1-12-5-7-20(8-6-12)17-14(11-18)9-13-3-4-15(21-2)10-16(13)19-17/h3-4,9-10,12H,5-8H2,1-2H3. The number of rotatable bonds is 2. The van der Waals surface area contributed by atoms with Crippen LogP contribution in [-0.4, -0.2) is 25.2 Å². The second-order valence-corrected chi connectivity index (χ2v) is 5.70. The van der Waals surface area contributed by atoms with Crippen molar-refractivity contribution in [1.82, 2.24) is 4.98 Å². The van der Waals surface area contributed by atoms with Crippen molar-refractivity contribution in [2.75, 3.05) is 25.1 Å². The summed E-state index contributed by atoms with van der Waals surface area (Å²) >= 11 is 0. The second-order valence-electron chi connectivity index (χ2n) is 5.70. The Balaban J connectivity index is 2.05. The molecule has 108 valence electrons. The van der Waals surface area contributed by atoms with Crippen molar-refractivity contribution in [3.8, 4) is 11.8 Å². The summed E-state index contributed by atoms with van der Waals surface area (Å²) in [6, 6.07) is 9.98. The van der Waals surface area contributed by atoms with E-state index in [9.17, 15) is 5.26 Å². The van der Waals surface area contributed by atoms with Crippen LogP contribution in [0.4, 0.5) is 5.82 Å². The lowest BCUT2D eigenvalue weighted by Gasteiger charge is -2.31. The monoisotopic (exact) mass is 281 g/mol. The summed E-state index contributed by atoms with van der Waals surface area (Å²) in [6.07, 6.45) is 2.31. The molecule has 2 aromatic rings. The molecule has 1 aromatic carbocycles. The number of methoxy groups -OCH3 is 1. The molecule has 4 heteroatoms. The molecule has 4 nitrogen and oxygen atoms in total. The summed E-state index contributed by atoms with van der Waals surface area (Å²) in [5, 5.41) is 10.4. The zero-order valence-corrected chi connectivity index (χ0v) is 12.5. The molecule has 1 fully saturated rings. The molecular weight excluding hydrogens is 262 g/mol. The van der Waals surface area contributed by atoms with Crippen LogP contribution in [0.3, 0.4) is 0 Å². The molecule has 3 rings (SSSR count). The summed E-state index contributed by atoms with van der Waals surface area (Å²) in [7, 11) is 1.65. The molecule has 0 spiro atoms. The van der Waals surface area contributed by atoms with Crippen LogP contribution in [0.1, 0.15) is 25.3 Å². The highest BCUT2D eigenvalue weighted by molar-refractivity contribution is 5.84. The van der Waals surface area contributed by atoms with Gasteiger partial charge in [0, 0.05) is 24.5 Å². The number of anilines is 1. The van der Waals surface area contributed by atoms with Crippen LogP contribution in [0.5, 0.6) is 5.75 Å². The Kier molecular flexibility index (Phi) is 3.66. The van der Waals surface area contributed by atoms with Crippen LogP contribution in [0.2, 0.25) is 0 Å². The average molecular weight is 281 g/mol. The number of hydrogen-bond donors (Lipinski definition) is 0. The average Bonchev–Trinajstić information content (AvgIpc) is 2.53. The van der Waals surface area contributed by atoms with Gasteiger partial charge < -0.3 is 9.64 Å². The van der Waals surface area contributed by atoms with E-state index in [-0.39, 0.29) is 0 Å². The maximum Gasteiger partial charge on any atom is 0.147 e. The van der Waals surface area contributed by atoms with Gasteiger partial charge in [0.05, 0.1) is 18.2 Å². The van der Waals surface area contributed by atoms with Gasteiger partial charge in [0.1, 0.15) is 17.6 Å². The Morgan fingerprint density at radius 1 is 1.29 bits per heavy atom. The van der Waals surface area contributed by atoms with E-state index in [0.717, 1.165) is 54.3 Å². The van der Waals surface area contributed by atoms with E-state index in [4.69, 9.17) is 9.72 Å². The van der Waals surface area contributed by atoms with E-state index in [1.54, 1.807) is 7.11 Å². The minimum atomic E-state index is 0.655. The fourth-order valence-electron chi connectivity index (χ4n) is 2.81. The number of ether oxygens (including phenoxy) is 1. The van der Waals surface area contributed by atoms with Crippen molar-refractivity contribution in [2.24, 2.45) is 5.92 Å². The third kappa shape index (κ3) is 2.64. The molecular formula is C17H19N3O. The molecule has 1 saturated heterocycles. The lowest BCUT2D eigenvalue weighted by atomic mass is 9.99. The molecule has 1 aliphatic rings. The fraction of sp³-hybridized carbons (Fsp3) is 0.412. The molecule has 0 aliphatic carbocycles. The first-order valence-electron chi connectivity index (χ1n) is 7.35. The molecule has 0 radical (unpaired) electrons. The zero-order valence-electron chi connectivity index (χ0n) is 12.5. The Hall–Kier alpha value is -2.28. The van der Waals surface area contributed by atoms with Crippen LogP contribution < -0.4 is 9.64 Å². The smallest absolute Gasteiger partial charge is 0.147 e. The van der Waals surface area contributed by atoms with Gasteiger partial charge in [-0.15, -0.1) is 0 Å². The van der Waals surface area contributed by atoms with E-state index < -0.39 is 0 Å². The van der Waals surface area contributed by atoms with Gasteiger partial charge in [-0.1, -0.05) is 6.92 Å². The fourth-order valence-corrected chi connectivity index (χ4v) is 2.81. The van der Waals surface area contributed by atoms with E-state index in [0.29, 0.717) is 5.56 Å². The summed E-state index contributed by atoms with van der Waals surface area (Å²) in [4.78, 5) is 6.96. The van der Waals surface area contributed by atoms with Crippen molar-refractivity contribution in [2.45, 2.75) is 19.8 Å². The van der Waals surface area contributed by atoms with Crippen LogP contribution in [0.25, 0.3) is 10.9 Å². The number of hydrogen-bond acceptors (Lipinski definition) is 4. The first kappa shape index (κ1) is 13.7. The van der Waals surface area contributed by atoms with Crippen LogP contribution in [0.15, 0.2) is 24.3 Å². The van der Waals surface area contributed by atoms with Crippen molar-refractivity contribution in [3.63, 3.8) is 0 Å².